The molecule has 1 aromatic carbocycles. The molecule has 0 radical (unpaired) electrons. The highest BCUT2D eigenvalue weighted by molar-refractivity contribution is 5.85. The van der Waals surface area contributed by atoms with Gasteiger partial charge in [0.1, 0.15) is 6.04 Å². The quantitative estimate of drug-likeness (QED) is 0.692. The molecule has 1 fully saturated rings. The Morgan fingerprint density at radius 3 is 3.10 bits per heavy atom. The second-order valence-corrected chi connectivity index (χ2v) is 7.32. The summed E-state index contributed by atoms with van der Waals surface area (Å²) in [5, 5.41) is 1.47. The molecule has 1 saturated heterocycles. The topological polar surface area (TPSA) is 20.2 Å². The average Bonchev–Trinajstić information content (AvgIpc) is 3.04. The van der Waals surface area contributed by atoms with Crippen molar-refractivity contribution in [1.29, 1.82) is 0 Å². The molecule has 2 N–H and O–H groups in total. The molecular weight excluding hydrogens is 256 g/mol. The number of aromatic amines is 1. The summed E-state index contributed by atoms with van der Waals surface area (Å²) in [6.07, 6.45) is 6.36. The zero-order chi connectivity index (χ0) is 14.0. The minimum Gasteiger partial charge on any atom is -0.353 e. The van der Waals surface area contributed by atoms with Gasteiger partial charge >= 0.3 is 0 Å². The number of hydrogen-bond donors (Lipinski definition) is 2. The number of hydrogen-bond acceptors (Lipinski definition) is 0. The van der Waals surface area contributed by atoms with Gasteiger partial charge in [-0.2, -0.15) is 0 Å². The van der Waals surface area contributed by atoms with Crippen LogP contribution in [0.25, 0.3) is 10.9 Å². The molecule has 1 aromatic heterocycles. The molecule has 108 valence electrons. The first kappa shape index (κ1) is 12.0. The Balaban J connectivity index is 1.65. The predicted molar refractivity (Wildman–Crippen MR) is 85.4 cm³/mol. The number of rotatable bonds is 0. The molecule has 4 atom stereocenters. The van der Waals surface area contributed by atoms with E-state index in [4.69, 9.17) is 0 Å². The Bertz CT molecular complexity index is 739. The van der Waals surface area contributed by atoms with Crippen LogP contribution in [0.1, 0.15) is 37.1 Å². The molecule has 1 unspecified atom stereocenters. The van der Waals surface area contributed by atoms with Gasteiger partial charge in [-0.1, -0.05) is 29.8 Å². The standard InChI is InChI=1S/C19H22N2/c1-12-6-7-13-11-21-9-8-15-14-4-2-3-5-17(14)20-18(15)19(21)16(13)10-12/h2-6,13,16,19-20H,7-11H2,1H3/p+1/t13-,16-,19-/m1/s1. The summed E-state index contributed by atoms with van der Waals surface area (Å²) < 4.78 is 0. The number of aromatic nitrogens is 1. The van der Waals surface area contributed by atoms with Crippen molar-refractivity contribution < 1.29 is 4.90 Å². The SMILES string of the molecule is CC1=CC[C@@H]2C[NH+]3CCc4c([nH]c5ccccc45)[C@H]3[C@@H]2C1. The van der Waals surface area contributed by atoms with Crippen molar-refractivity contribution in [3.8, 4) is 0 Å². The number of quaternary nitrogens is 1. The maximum absolute atomic E-state index is 3.80. The molecular formula is C19H23N2+. The van der Waals surface area contributed by atoms with E-state index in [1.54, 1.807) is 16.8 Å². The second-order valence-electron chi connectivity index (χ2n) is 7.32. The maximum atomic E-state index is 3.80. The van der Waals surface area contributed by atoms with Crippen LogP contribution in [0.2, 0.25) is 0 Å². The monoisotopic (exact) mass is 279 g/mol. The average molecular weight is 279 g/mol. The fraction of sp³-hybridized carbons (Fsp3) is 0.474. The zero-order valence-electron chi connectivity index (χ0n) is 12.7. The third-order valence-corrected chi connectivity index (χ3v) is 6.18. The second kappa shape index (κ2) is 4.23. The largest absolute Gasteiger partial charge is 0.353 e. The van der Waals surface area contributed by atoms with Crippen LogP contribution in [0, 0.1) is 11.8 Å². The first-order valence-electron chi connectivity index (χ1n) is 8.41. The van der Waals surface area contributed by atoms with E-state index in [9.17, 15) is 0 Å². The fourth-order valence-corrected chi connectivity index (χ4v) is 5.26. The number of para-hydroxylation sites is 1. The van der Waals surface area contributed by atoms with Gasteiger partial charge in [-0.3, -0.25) is 0 Å². The summed E-state index contributed by atoms with van der Waals surface area (Å²) >= 11 is 0. The van der Waals surface area contributed by atoms with Crippen LogP contribution in [-0.2, 0) is 6.42 Å². The Morgan fingerprint density at radius 2 is 2.14 bits per heavy atom. The fourth-order valence-electron chi connectivity index (χ4n) is 5.26. The minimum absolute atomic E-state index is 0.717. The Morgan fingerprint density at radius 1 is 1.24 bits per heavy atom. The summed E-state index contributed by atoms with van der Waals surface area (Å²) in [5.41, 5.74) is 6.14. The molecule has 21 heavy (non-hydrogen) atoms. The van der Waals surface area contributed by atoms with E-state index in [1.807, 2.05) is 4.90 Å². The lowest BCUT2D eigenvalue weighted by Crippen LogP contribution is -3.11. The third kappa shape index (κ3) is 1.63. The van der Waals surface area contributed by atoms with Crippen LogP contribution in [0.5, 0.6) is 0 Å². The molecule has 0 bridgehead atoms. The molecule has 2 aromatic rings. The van der Waals surface area contributed by atoms with Crippen LogP contribution < -0.4 is 4.90 Å². The van der Waals surface area contributed by atoms with Gasteiger partial charge in [0.2, 0.25) is 0 Å². The molecule has 2 heteroatoms. The summed E-state index contributed by atoms with van der Waals surface area (Å²) in [7, 11) is 0. The molecule has 0 saturated carbocycles. The molecule has 5 rings (SSSR count). The summed E-state index contributed by atoms with van der Waals surface area (Å²) in [6.45, 7) is 5.03. The maximum Gasteiger partial charge on any atom is 0.132 e. The van der Waals surface area contributed by atoms with Crippen LogP contribution in [0.3, 0.4) is 0 Å². The van der Waals surface area contributed by atoms with Crippen molar-refractivity contribution in [3.05, 3.63) is 47.2 Å². The van der Waals surface area contributed by atoms with Gasteiger partial charge < -0.3 is 9.88 Å². The smallest absolute Gasteiger partial charge is 0.132 e. The molecule has 3 aliphatic rings. The Labute approximate surface area is 125 Å². The van der Waals surface area contributed by atoms with Gasteiger partial charge in [-0.05, 0) is 31.4 Å². The van der Waals surface area contributed by atoms with Crippen molar-refractivity contribution in [2.45, 2.75) is 32.2 Å². The number of fused-ring (bicyclic) bond motifs is 7. The van der Waals surface area contributed by atoms with Crippen molar-refractivity contribution >= 4 is 10.9 Å². The van der Waals surface area contributed by atoms with E-state index >= 15 is 0 Å². The van der Waals surface area contributed by atoms with E-state index < -0.39 is 0 Å². The number of allylic oxidation sites excluding steroid dienone is 2. The molecule has 0 spiro atoms. The molecule has 0 amide bonds. The molecule has 2 aliphatic heterocycles. The van der Waals surface area contributed by atoms with Crippen LogP contribution in [0.4, 0.5) is 0 Å². The van der Waals surface area contributed by atoms with Crippen LogP contribution in [0.15, 0.2) is 35.9 Å². The van der Waals surface area contributed by atoms with Crippen LogP contribution in [-0.4, -0.2) is 18.1 Å². The zero-order valence-corrected chi connectivity index (χ0v) is 12.7. The highest BCUT2D eigenvalue weighted by Gasteiger charge is 2.49. The van der Waals surface area contributed by atoms with Crippen LogP contribution >= 0.6 is 0 Å². The number of nitrogens with one attached hydrogen (secondary N) is 2. The molecule has 3 heterocycles. The van der Waals surface area contributed by atoms with Crippen molar-refractivity contribution in [2.75, 3.05) is 13.1 Å². The van der Waals surface area contributed by atoms with E-state index in [0.29, 0.717) is 0 Å². The summed E-state index contributed by atoms with van der Waals surface area (Å²) in [6, 6.07) is 9.59. The van der Waals surface area contributed by atoms with E-state index in [1.165, 1.54) is 43.3 Å². The normalized spacial score (nSPS) is 34.2. The van der Waals surface area contributed by atoms with E-state index in [2.05, 4.69) is 42.2 Å². The lowest BCUT2D eigenvalue weighted by molar-refractivity contribution is -0.924. The highest BCUT2D eigenvalue weighted by atomic mass is 15.2. The van der Waals surface area contributed by atoms with Gasteiger partial charge in [0.15, 0.2) is 0 Å². The number of benzene rings is 1. The Kier molecular flexibility index (Phi) is 2.43. The first-order valence-corrected chi connectivity index (χ1v) is 8.41. The minimum atomic E-state index is 0.717. The first-order chi connectivity index (χ1) is 10.3. The van der Waals surface area contributed by atoms with Gasteiger partial charge in [0, 0.05) is 29.2 Å². The van der Waals surface area contributed by atoms with Crippen molar-refractivity contribution in [1.82, 2.24) is 4.98 Å². The van der Waals surface area contributed by atoms with Gasteiger partial charge in [0.05, 0.1) is 18.8 Å². The number of H-pyrrole nitrogens is 1. The highest BCUT2D eigenvalue weighted by Crippen LogP contribution is 2.43. The summed E-state index contributed by atoms with van der Waals surface area (Å²) in [5.74, 6) is 1.77. The Hall–Kier alpha value is -1.54. The van der Waals surface area contributed by atoms with Gasteiger partial charge in [0.25, 0.3) is 0 Å². The van der Waals surface area contributed by atoms with E-state index in [0.717, 1.165) is 17.9 Å². The third-order valence-electron chi connectivity index (χ3n) is 6.18. The summed E-state index contributed by atoms with van der Waals surface area (Å²) in [4.78, 5) is 5.63. The molecule has 1 aliphatic carbocycles. The van der Waals surface area contributed by atoms with Gasteiger partial charge in [-0.15, -0.1) is 0 Å². The van der Waals surface area contributed by atoms with Crippen molar-refractivity contribution in [3.63, 3.8) is 0 Å². The van der Waals surface area contributed by atoms with Crippen molar-refractivity contribution in [2.24, 2.45) is 11.8 Å². The van der Waals surface area contributed by atoms with Gasteiger partial charge in [-0.25, -0.2) is 0 Å². The lowest BCUT2D eigenvalue weighted by atomic mass is 9.77. The van der Waals surface area contributed by atoms with E-state index in [-0.39, 0.29) is 0 Å². The molecule has 2 nitrogen and oxygen atoms in total. The predicted octanol–water partition coefficient (Wildman–Crippen LogP) is 2.64. The lowest BCUT2D eigenvalue weighted by Gasteiger charge is -2.30.